The molecule has 11 heavy (non-hydrogen) atoms. The minimum Gasteiger partial charge on any atom is -0.456 e. The van der Waals surface area contributed by atoms with E-state index < -0.39 is 12.1 Å². The number of hydrogen-bond acceptors (Lipinski definition) is 4. The second kappa shape index (κ2) is 4.34. The number of allylic oxidation sites excluding steroid dienone is 1. The predicted octanol–water partition coefficient (Wildman–Crippen LogP) is 0.304. The molecule has 0 fully saturated rings. The second-order valence-electron chi connectivity index (χ2n) is 2.03. The van der Waals surface area contributed by atoms with E-state index in [0.29, 0.717) is 0 Å². The van der Waals surface area contributed by atoms with E-state index in [0.717, 1.165) is 6.08 Å². The van der Waals surface area contributed by atoms with Crippen LogP contribution in [0.25, 0.3) is 0 Å². The first kappa shape index (κ1) is 9.50. The fraction of sp³-hybridized carbons (Fsp3) is 0.429. The Morgan fingerprint density at radius 2 is 2.36 bits per heavy atom. The molecule has 0 aromatic heterocycles. The number of hydrogen-bond donors (Lipinski definition) is 1. The van der Waals surface area contributed by atoms with Gasteiger partial charge in [0.05, 0.1) is 11.8 Å². The molecule has 0 aromatic carbocycles. The number of carbonyl (C=O) groups excluding carboxylic acids is 1. The topological polar surface area (TPSA) is 76.1 Å². The molecule has 1 unspecified atom stereocenters. The first-order valence-electron chi connectivity index (χ1n) is 3.10. The number of nitrogens with two attached hydrogens (primary N) is 1. The Morgan fingerprint density at radius 1 is 1.82 bits per heavy atom. The van der Waals surface area contributed by atoms with Gasteiger partial charge < -0.3 is 10.5 Å². The number of nitriles is 1. The van der Waals surface area contributed by atoms with Crippen molar-refractivity contribution in [2.24, 2.45) is 5.73 Å². The van der Waals surface area contributed by atoms with Crippen LogP contribution in [0.1, 0.15) is 13.8 Å². The van der Waals surface area contributed by atoms with Crippen molar-refractivity contribution >= 4 is 5.97 Å². The van der Waals surface area contributed by atoms with Crippen molar-refractivity contribution in [3.63, 3.8) is 0 Å². The molecule has 0 bridgehead atoms. The first-order valence-corrected chi connectivity index (χ1v) is 3.10. The molecule has 0 aliphatic carbocycles. The number of ether oxygens (including phenoxy) is 1. The Hall–Kier alpha value is -1.50. The summed E-state index contributed by atoms with van der Waals surface area (Å²) in [6.45, 7) is 2.89. The molecule has 0 aliphatic heterocycles. The Kier molecular flexibility index (Phi) is 3.75. The summed E-state index contributed by atoms with van der Waals surface area (Å²) in [4.78, 5) is 10.4. The lowest BCUT2D eigenvalue weighted by molar-refractivity contribution is -0.143. The summed E-state index contributed by atoms with van der Waals surface area (Å²) < 4.78 is 4.68. The van der Waals surface area contributed by atoms with E-state index in [9.17, 15) is 4.79 Å². The summed E-state index contributed by atoms with van der Waals surface area (Å²) in [5, 5.41) is 8.17. The third kappa shape index (κ3) is 3.98. The molecule has 0 saturated carbocycles. The van der Waals surface area contributed by atoms with E-state index in [1.54, 1.807) is 13.0 Å². The zero-order chi connectivity index (χ0) is 8.85. The van der Waals surface area contributed by atoms with Crippen molar-refractivity contribution < 1.29 is 9.53 Å². The Morgan fingerprint density at radius 3 is 2.73 bits per heavy atom. The highest BCUT2D eigenvalue weighted by Crippen LogP contribution is 1.98. The lowest BCUT2D eigenvalue weighted by atomic mass is 10.3. The van der Waals surface area contributed by atoms with Gasteiger partial charge in [0.25, 0.3) is 0 Å². The first-order chi connectivity index (χ1) is 5.07. The lowest BCUT2D eigenvalue weighted by Crippen LogP contribution is -2.20. The monoisotopic (exact) mass is 154 g/mol. The second-order valence-corrected chi connectivity index (χ2v) is 2.03. The smallest absolute Gasteiger partial charge is 0.303 e. The van der Waals surface area contributed by atoms with Crippen molar-refractivity contribution in [1.29, 1.82) is 5.26 Å². The molecular weight excluding hydrogens is 144 g/mol. The maximum atomic E-state index is 10.4. The standard InChI is InChI=1S/C7H10N2O2/c1-5(11-6(2)10)7(9)3-4-8/h3,5H,9H2,1-2H3/b7-3-. The lowest BCUT2D eigenvalue weighted by Gasteiger charge is -2.10. The zero-order valence-electron chi connectivity index (χ0n) is 6.50. The van der Waals surface area contributed by atoms with Crippen molar-refractivity contribution in [2.75, 3.05) is 0 Å². The van der Waals surface area contributed by atoms with Crippen LogP contribution >= 0.6 is 0 Å². The maximum absolute atomic E-state index is 10.4. The van der Waals surface area contributed by atoms with Gasteiger partial charge in [-0.2, -0.15) is 5.26 Å². The van der Waals surface area contributed by atoms with Crippen LogP contribution in [0.5, 0.6) is 0 Å². The molecule has 0 heterocycles. The van der Waals surface area contributed by atoms with Gasteiger partial charge in [0.15, 0.2) is 0 Å². The van der Waals surface area contributed by atoms with Crippen molar-refractivity contribution in [3.05, 3.63) is 11.8 Å². The SMILES string of the molecule is CC(=O)OC(C)/C(N)=C/C#N. The van der Waals surface area contributed by atoms with Crippen LogP contribution in [-0.4, -0.2) is 12.1 Å². The van der Waals surface area contributed by atoms with Crippen LogP contribution in [0.3, 0.4) is 0 Å². The summed E-state index contributed by atoms with van der Waals surface area (Å²) in [7, 11) is 0. The van der Waals surface area contributed by atoms with Gasteiger partial charge >= 0.3 is 5.97 Å². The predicted molar refractivity (Wildman–Crippen MR) is 39.1 cm³/mol. The zero-order valence-corrected chi connectivity index (χ0v) is 6.50. The maximum Gasteiger partial charge on any atom is 0.303 e. The van der Waals surface area contributed by atoms with Crippen molar-refractivity contribution in [2.45, 2.75) is 20.0 Å². The Bertz CT molecular complexity index is 215. The normalized spacial score (nSPS) is 13.4. The van der Waals surface area contributed by atoms with Crippen molar-refractivity contribution in [1.82, 2.24) is 0 Å². The van der Waals surface area contributed by atoms with E-state index in [1.807, 2.05) is 0 Å². The van der Waals surface area contributed by atoms with Crippen LogP contribution in [0.4, 0.5) is 0 Å². The molecular formula is C7H10N2O2. The van der Waals surface area contributed by atoms with E-state index in [-0.39, 0.29) is 5.70 Å². The summed E-state index contributed by atoms with van der Waals surface area (Å²) in [6.07, 6.45) is 0.625. The molecule has 0 saturated heterocycles. The third-order valence-electron chi connectivity index (χ3n) is 1.04. The summed E-state index contributed by atoms with van der Waals surface area (Å²) in [6, 6.07) is 1.74. The van der Waals surface area contributed by atoms with Crippen LogP contribution in [0.15, 0.2) is 11.8 Å². The Labute approximate surface area is 65.2 Å². The average Bonchev–Trinajstić information content (AvgIpc) is 1.86. The van der Waals surface area contributed by atoms with E-state index in [2.05, 4.69) is 4.74 Å². The van der Waals surface area contributed by atoms with Gasteiger partial charge in [-0.1, -0.05) is 0 Å². The molecule has 60 valence electrons. The summed E-state index contributed by atoms with van der Waals surface area (Å²) in [5.74, 6) is -0.410. The van der Waals surface area contributed by atoms with Crippen LogP contribution < -0.4 is 5.73 Å². The molecule has 0 aromatic rings. The van der Waals surface area contributed by atoms with Crippen LogP contribution in [-0.2, 0) is 9.53 Å². The van der Waals surface area contributed by atoms with Gasteiger partial charge in [0, 0.05) is 13.0 Å². The molecule has 1 atom stereocenters. The fourth-order valence-corrected chi connectivity index (χ4v) is 0.509. The Balaban J connectivity index is 4.05. The van der Waals surface area contributed by atoms with Gasteiger partial charge in [-0.15, -0.1) is 0 Å². The van der Waals surface area contributed by atoms with Crippen LogP contribution in [0, 0.1) is 11.3 Å². The number of rotatable bonds is 2. The molecule has 4 heteroatoms. The van der Waals surface area contributed by atoms with E-state index >= 15 is 0 Å². The van der Waals surface area contributed by atoms with Crippen molar-refractivity contribution in [3.8, 4) is 6.07 Å². The molecule has 4 nitrogen and oxygen atoms in total. The highest BCUT2D eigenvalue weighted by atomic mass is 16.5. The third-order valence-corrected chi connectivity index (χ3v) is 1.04. The highest BCUT2D eigenvalue weighted by Gasteiger charge is 2.06. The summed E-state index contributed by atoms with van der Waals surface area (Å²) >= 11 is 0. The molecule has 0 amide bonds. The quantitative estimate of drug-likeness (QED) is 0.458. The number of esters is 1. The fourth-order valence-electron chi connectivity index (χ4n) is 0.509. The molecule has 0 radical (unpaired) electrons. The highest BCUT2D eigenvalue weighted by molar-refractivity contribution is 5.66. The van der Waals surface area contributed by atoms with E-state index in [1.165, 1.54) is 6.92 Å². The largest absolute Gasteiger partial charge is 0.456 e. The number of carbonyl (C=O) groups is 1. The number of nitrogens with zero attached hydrogens (tertiary/aromatic N) is 1. The molecule has 0 rings (SSSR count). The molecule has 0 aliphatic rings. The van der Waals surface area contributed by atoms with Crippen LogP contribution in [0.2, 0.25) is 0 Å². The summed E-state index contributed by atoms with van der Waals surface area (Å²) in [5.41, 5.74) is 5.59. The van der Waals surface area contributed by atoms with Gasteiger partial charge in [-0.25, -0.2) is 0 Å². The van der Waals surface area contributed by atoms with Gasteiger partial charge in [-0.05, 0) is 6.92 Å². The van der Waals surface area contributed by atoms with Gasteiger partial charge in [-0.3, -0.25) is 4.79 Å². The molecule has 0 spiro atoms. The molecule has 2 N–H and O–H groups in total. The minimum absolute atomic E-state index is 0.253. The van der Waals surface area contributed by atoms with E-state index in [4.69, 9.17) is 11.0 Å². The minimum atomic E-state index is -0.521. The van der Waals surface area contributed by atoms with Gasteiger partial charge in [0.2, 0.25) is 0 Å². The average molecular weight is 154 g/mol. The van der Waals surface area contributed by atoms with Gasteiger partial charge in [0.1, 0.15) is 6.10 Å².